The van der Waals surface area contributed by atoms with Crippen LogP contribution in [-0.4, -0.2) is 46.3 Å². The van der Waals surface area contributed by atoms with E-state index in [4.69, 9.17) is 0 Å². The SMILES string of the molecule is CC(C)[N-]/C=C\[N-]C(C)C.CC(C)[N]=[W].C[N-]C.C[N-]C. The number of hydrogen-bond acceptors (Lipinski definition) is 1. The van der Waals surface area contributed by atoms with Gasteiger partial charge in [-0.1, -0.05) is 27.7 Å². The van der Waals surface area contributed by atoms with Crippen molar-refractivity contribution in [2.75, 3.05) is 28.2 Å². The minimum absolute atomic E-state index is 0.374. The molecule has 0 aliphatic carbocycles. The molecule has 21 heavy (non-hydrogen) atoms. The van der Waals surface area contributed by atoms with Gasteiger partial charge in [-0.15, -0.1) is 12.1 Å². The molecule has 0 atom stereocenters. The molecular weight excluding hydrogens is 434 g/mol. The Balaban J connectivity index is -0.000000110. The van der Waals surface area contributed by atoms with Crippen LogP contribution in [0.3, 0.4) is 0 Å². The maximum Gasteiger partial charge on any atom is -0.162 e. The molecule has 0 aromatic heterocycles. The molecule has 0 N–H and O–H groups in total. The molecule has 0 bridgehead atoms. The van der Waals surface area contributed by atoms with Crippen LogP contribution in [0.5, 0.6) is 0 Å². The quantitative estimate of drug-likeness (QED) is 0.519. The molecule has 0 saturated heterocycles. The summed E-state index contributed by atoms with van der Waals surface area (Å²) in [7, 11) is 7.00. The third kappa shape index (κ3) is 81.3. The van der Waals surface area contributed by atoms with Crippen molar-refractivity contribution in [1.82, 2.24) is 0 Å². The average Bonchev–Trinajstić information content (AvgIpc) is 2.37. The van der Waals surface area contributed by atoms with Crippen molar-refractivity contribution in [3.8, 4) is 0 Å². The minimum Gasteiger partial charge on any atom is -0.668 e. The Morgan fingerprint density at radius 1 is 0.714 bits per heavy atom. The first-order valence-corrected chi connectivity index (χ1v) is 8.37. The average molecular weight is 469 g/mol. The van der Waals surface area contributed by atoms with Crippen LogP contribution in [-0.2, 0) is 19.6 Å². The predicted octanol–water partition coefficient (Wildman–Crippen LogP) is 5.39. The molecular formula is C15H35N5W-4. The molecule has 0 aromatic rings. The van der Waals surface area contributed by atoms with E-state index in [1.807, 2.05) is 27.7 Å². The first kappa shape index (κ1) is 28.8. The van der Waals surface area contributed by atoms with Crippen LogP contribution in [0.1, 0.15) is 41.5 Å². The molecule has 0 rings (SSSR count). The van der Waals surface area contributed by atoms with Gasteiger partial charge in [0.1, 0.15) is 0 Å². The van der Waals surface area contributed by atoms with E-state index >= 15 is 0 Å². The molecule has 130 valence electrons. The fourth-order valence-electron chi connectivity index (χ4n) is 0.421. The summed E-state index contributed by atoms with van der Waals surface area (Å²) in [5.41, 5.74) is 0. The Hall–Kier alpha value is -0.252. The van der Waals surface area contributed by atoms with E-state index in [-0.39, 0.29) is 0 Å². The van der Waals surface area contributed by atoms with Crippen molar-refractivity contribution >= 4 is 0 Å². The minimum atomic E-state index is 0.374. The van der Waals surface area contributed by atoms with Crippen molar-refractivity contribution in [2.24, 2.45) is 3.50 Å². The largest absolute Gasteiger partial charge is 0.668 e. The van der Waals surface area contributed by atoms with Crippen LogP contribution in [0.4, 0.5) is 0 Å². The third-order valence-electron chi connectivity index (χ3n) is 1.05. The second-order valence-corrected chi connectivity index (χ2v) is 5.63. The molecule has 0 aliphatic rings. The molecule has 0 heterocycles. The molecule has 0 radical (unpaired) electrons. The summed E-state index contributed by atoms with van der Waals surface area (Å²) in [5.74, 6) is 0. The van der Waals surface area contributed by atoms with Gasteiger partial charge in [0.25, 0.3) is 0 Å². The summed E-state index contributed by atoms with van der Waals surface area (Å²) < 4.78 is 3.97. The van der Waals surface area contributed by atoms with E-state index in [1.165, 1.54) is 19.6 Å². The van der Waals surface area contributed by atoms with E-state index in [9.17, 15) is 0 Å². The van der Waals surface area contributed by atoms with Gasteiger partial charge in [-0.25, -0.2) is 12.4 Å². The van der Waals surface area contributed by atoms with Gasteiger partial charge in [-0.2, -0.15) is 28.2 Å². The Bertz CT molecular complexity index is 181. The second-order valence-electron chi connectivity index (χ2n) is 4.88. The monoisotopic (exact) mass is 469 g/mol. The van der Waals surface area contributed by atoms with E-state index in [2.05, 4.69) is 38.6 Å². The summed E-state index contributed by atoms with van der Waals surface area (Å²) in [5, 5.41) is 15.2. The molecule has 0 saturated carbocycles. The smallest absolute Gasteiger partial charge is 0.162 e. The predicted molar refractivity (Wildman–Crippen MR) is 94.1 cm³/mol. The fourth-order valence-corrected chi connectivity index (χ4v) is 0.421. The van der Waals surface area contributed by atoms with Crippen LogP contribution < -0.4 is 0 Å². The summed E-state index contributed by atoms with van der Waals surface area (Å²) in [6, 6.07) is 1.29. The Labute approximate surface area is 144 Å². The molecule has 5 nitrogen and oxygen atoms in total. The summed E-state index contributed by atoms with van der Waals surface area (Å²) in [4.78, 5) is 0. The van der Waals surface area contributed by atoms with Gasteiger partial charge < -0.3 is 21.3 Å². The topological polar surface area (TPSA) is 68.8 Å². The fraction of sp³-hybridized carbons (Fsp3) is 0.867. The summed E-state index contributed by atoms with van der Waals surface area (Å²) in [6.45, 7) is 12.3. The first-order valence-electron chi connectivity index (χ1n) is 7.06. The first-order chi connectivity index (χ1) is 9.72. The summed E-state index contributed by atoms with van der Waals surface area (Å²) in [6.07, 6.45) is 3.51. The van der Waals surface area contributed by atoms with Crippen LogP contribution in [0, 0.1) is 0 Å². The zero-order valence-corrected chi connectivity index (χ0v) is 18.5. The molecule has 0 unspecified atom stereocenters. The van der Waals surface area contributed by atoms with E-state index in [1.54, 1.807) is 40.6 Å². The van der Waals surface area contributed by atoms with Crippen LogP contribution in [0.15, 0.2) is 15.9 Å². The molecule has 0 aliphatic heterocycles. The van der Waals surface area contributed by atoms with Gasteiger partial charge in [-0.05, 0) is 0 Å². The normalized spacial score (nSPS) is 9.19. The molecule has 0 fully saturated rings. The molecule has 0 aromatic carbocycles. The van der Waals surface area contributed by atoms with Gasteiger partial charge in [0.15, 0.2) is 0 Å². The number of nitrogens with zero attached hydrogens (tertiary/aromatic N) is 5. The van der Waals surface area contributed by atoms with Gasteiger partial charge in [-0.3, -0.25) is 0 Å². The number of rotatable bonds is 5. The Morgan fingerprint density at radius 2 is 0.905 bits per heavy atom. The van der Waals surface area contributed by atoms with Crippen LogP contribution in [0.25, 0.3) is 21.3 Å². The third-order valence-corrected chi connectivity index (χ3v) is 2.56. The standard InChI is InChI=1S/C8H16N2.C3H7N.2C2H6N.W/c1-7(2)9-5-6-10-8(3)4;1-3(2)4;2*1-3-2;/h5-8H,1-4H3;3H,1-2H3;2*1-2H3;/q-2;;2*-1;/b6-5-;;;;. The molecule has 0 spiro atoms. The van der Waals surface area contributed by atoms with Crippen molar-refractivity contribution in [3.63, 3.8) is 0 Å². The molecule has 6 heteroatoms. The van der Waals surface area contributed by atoms with Gasteiger partial charge >= 0.3 is 43.0 Å². The van der Waals surface area contributed by atoms with E-state index < -0.39 is 0 Å². The maximum atomic E-state index is 4.12. The number of hydrogen-bond donors (Lipinski definition) is 0. The van der Waals surface area contributed by atoms with Crippen molar-refractivity contribution in [1.29, 1.82) is 0 Å². The van der Waals surface area contributed by atoms with E-state index in [0.717, 1.165) is 0 Å². The Morgan fingerprint density at radius 3 is 1.00 bits per heavy atom. The zero-order valence-electron chi connectivity index (χ0n) is 15.5. The van der Waals surface area contributed by atoms with Gasteiger partial charge in [0, 0.05) is 0 Å². The van der Waals surface area contributed by atoms with Crippen LogP contribution in [0.2, 0.25) is 0 Å². The van der Waals surface area contributed by atoms with Crippen molar-refractivity contribution in [2.45, 2.75) is 59.7 Å². The van der Waals surface area contributed by atoms with Crippen molar-refractivity contribution in [3.05, 3.63) is 33.7 Å². The van der Waals surface area contributed by atoms with Crippen molar-refractivity contribution < 1.29 is 19.6 Å². The summed E-state index contributed by atoms with van der Waals surface area (Å²) >= 11 is 1.33. The van der Waals surface area contributed by atoms with Gasteiger partial charge in [0.05, 0.1) is 0 Å². The maximum absolute atomic E-state index is 4.12. The van der Waals surface area contributed by atoms with E-state index in [0.29, 0.717) is 18.1 Å². The molecule has 0 amide bonds. The van der Waals surface area contributed by atoms with Gasteiger partial charge in [0.2, 0.25) is 0 Å². The van der Waals surface area contributed by atoms with Crippen LogP contribution >= 0.6 is 0 Å². The Kier molecular flexibility index (Phi) is 38.4. The second kappa shape index (κ2) is 28.0. The zero-order chi connectivity index (χ0) is 17.7.